The van der Waals surface area contributed by atoms with E-state index in [4.69, 9.17) is 4.74 Å². The number of oxime groups is 1. The van der Waals surface area contributed by atoms with E-state index in [0.717, 1.165) is 66.1 Å². The van der Waals surface area contributed by atoms with E-state index in [-0.39, 0.29) is 5.60 Å². The lowest BCUT2D eigenvalue weighted by Gasteiger charge is -2.59. The second-order valence-corrected chi connectivity index (χ2v) is 11.4. The minimum absolute atomic E-state index is 0.0702. The summed E-state index contributed by atoms with van der Waals surface area (Å²) >= 11 is 0. The van der Waals surface area contributed by atoms with Crippen LogP contribution in [0.4, 0.5) is 0 Å². The molecule has 28 heavy (non-hydrogen) atoms. The summed E-state index contributed by atoms with van der Waals surface area (Å²) in [6.07, 6.45) is 17.6. The zero-order valence-corrected chi connectivity index (χ0v) is 17.0. The SMILES string of the molecule is C[C@]12CCC3C(C(C4CC4)CC4=C/C(=N/O)CC[C@@H]43)C1C1CC1[C@@]21C=CCO1. The molecule has 0 aromatic rings. The normalized spacial score (nSPS) is 57.5. The van der Waals surface area contributed by atoms with E-state index in [9.17, 15) is 5.21 Å². The van der Waals surface area contributed by atoms with Gasteiger partial charge in [-0.3, -0.25) is 0 Å². The number of fused-ring (bicyclic) bond motifs is 9. The van der Waals surface area contributed by atoms with Crippen LogP contribution in [0.3, 0.4) is 0 Å². The first-order valence-electron chi connectivity index (χ1n) is 11.9. The molecule has 0 bridgehead atoms. The molecule has 150 valence electrons. The minimum Gasteiger partial charge on any atom is -0.411 e. The number of allylic oxidation sites excluding steroid dienone is 2. The fraction of sp³-hybridized carbons (Fsp3) is 0.800. The maximum absolute atomic E-state index is 9.34. The van der Waals surface area contributed by atoms with Crippen LogP contribution in [0.2, 0.25) is 0 Å². The van der Waals surface area contributed by atoms with Crippen molar-refractivity contribution in [3.63, 3.8) is 0 Å². The standard InChI is InChI=1S/C25H33NO2/c1-24-9-7-18-17-6-5-16(26-27)11-15(17)12-19(14-3-4-14)22(18)23(24)20-13-21(20)25(24)8-2-10-28-25/h2,8,11,14,17-23,27H,3-7,9-10,12-13H2,1H3/b26-16+/t17-,18?,19?,20?,21?,22?,23?,24-,25-/m0/s1. The molecule has 5 fully saturated rings. The van der Waals surface area contributed by atoms with E-state index in [1.165, 1.54) is 44.9 Å². The van der Waals surface area contributed by atoms with Crippen LogP contribution in [0, 0.1) is 52.8 Å². The highest BCUT2D eigenvalue weighted by molar-refractivity contribution is 5.96. The molecule has 3 nitrogen and oxygen atoms in total. The van der Waals surface area contributed by atoms with E-state index in [1.807, 2.05) is 0 Å². The molecule has 6 aliphatic carbocycles. The van der Waals surface area contributed by atoms with Crippen LogP contribution in [0.1, 0.15) is 58.3 Å². The van der Waals surface area contributed by atoms with Crippen molar-refractivity contribution >= 4 is 5.71 Å². The van der Waals surface area contributed by atoms with Crippen LogP contribution < -0.4 is 0 Å². The average Bonchev–Trinajstić information content (AvgIpc) is 3.64. The molecule has 1 aliphatic heterocycles. The van der Waals surface area contributed by atoms with Crippen molar-refractivity contribution in [3.8, 4) is 0 Å². The molecule has 6 unspecified atom stereocenters. The highest BCUT2D eigenvalue weighted by Gasteiger charge is 2.77. The zero-order chi connectivity index (χ0) is 18.7. The average molecular weight is 380 g/mol. The summed E-state index contributed by atoms with van der Waals surface area (Å²) in [7, 11) is 0. The van der Waals surface area contributed by atoms with Crippen molar-refractivity contribution in [2.24, 2.45) is 57.9 Å². The Balaban J connectivity index is 1.32. The third-order valence-electron chi connectivity index (χ3n) is 10.5. The first-order chi connectivity index (χ1) is 13.7. The lowest BCUT2D eigenvalue weighted by atomic mass is 9.46. The van der Waals surface area contributed by atoms with Gasteiger partial charge in [-0.05, 0) is 105 Å². The smallest absolute Gasteiger partial charge is 0.0954 e. The summed E-state index contributed by atoms with van der Waals surface area (Å²) in [6, 6.07) is 0. The summed E-state index contributed by atoms with van der Waals surface area (Å²) in [5, 5.41) is 12.9. The Morgan fingerprint density at radius 3 is 2.79 bits per heavy atom. The van der Waals surface area contributed by atoms with Gasteiger partial charge in [0.2, 0.25) is 0 Å². The van der Waals surface area contributed by atoms with Gasteiger partial charge in [0.1, 0.15) is 0 Å². The Kier molecular flexibility index (Phi) is 3.18. The molecule has 0 aromatic carbocycles. The van der Waals surface area contributed by atoms with E-state index in [0.29, 0.717) is 5.41 Å². The Labute approximate surface area is 168 Å². The van der Waals surface area contributed by atoms with Gasteiger partial charge < -0.3 is 9.94 Å². The summed E-state index contributed by atoms with van der Waals surface area (Å²) in [5.41, 5.74) is 2.99. The summed E-state index contributed by atoms with van der Waals surface area (Å²) < 4.78 is 6.59. The predicted molar refractivity (Wildman–Crippen MR) is 108 cm³/mol. The third-order valence-corrected chi connectivity index (χ3v) is 10.5. The lowest BCUT2D eigenvalue weighted by molar-refractivity contribution is -0.142. The molecule has 1 spiro atoms. The molecule has 1 N–H and O–H groups in total. The highest BCUT2D eigenvalue weighted by Crippen LogP contribution is 2.78. The highest BCUT2D eigenvalue weighted by atomic mass is 16.5. The fourth-order valence-corrected chi connectivity index (χ4v) is 9.43. The predicted octanol–water partition coefficient (Wildman–Crippen LogP) is 5.21. The molecule has 0 radical (unpaired) electrons. The number of nitrogens with zero attached hydrogens (tertiary/aromatic N) is 1. The number of hydrogen-bond acceptors (Lipinski definition) is 3. The van der Waals surface area contributed by atoms with E-state index in [1.54, 1.807) is 5.57 Å². The van der Waals surface area contributed by atoms with E-state index >= 15 is 0 Å². The molecule has 0 saturated heterocycles. The van der Waals surface area contributed by atoms with Crippen LogP contribution in [-0.4, -0.2) is 23.1 Å². The number of ether oxygens (including phenoxy) is 1. The molecule has 0 amide bonds. The summed E-state index contributed by atoms with van der Waals surface area (Å²) in [6.45, 7) is 3.45. The van der Waals surface area contributed by atoms with Crippen molar-refractivity contribution in [1.82, 2.24) is 0 Å². The largest absolute Gasteiger partial charge is 0.411 e. The molecular weight excluding hydrogens is 346 g/mol. The lowest BCUT2D eigenvalue weighted by Crippen LogP contribution is -2.56. The topological polar surface area (TPSA) is 41.8 Å². The Hall–Kier alpha value is -1.09. The first-order valence-corrected chi connectivity index (χ1v) is 11.9. The number of rotatable bonds is 1. The van der Waals surface area contributed by atoms with Crippen LogP contribution in [-0.2, 0) is 4.74 Å². The zero-order valence-electron chi connectivity index (χ0n) is 17.0. The molecule has 3 heteroatoms. The fourth-order valence-electron chi connectivity index (χ4n) is 9.43. The Bertz CT molecular complexity index is 809. The van der Waals surface area contributed by atoms with Gasteiger partial charge in [-0.15, -0.1) is 0 Å². The minimum atomic E-state index is 0.0702. The van der Waals surface area contributed by atoms with Gasteiger partial charge in [0.25, 0.3) is 0 Å². The molecule has 1 heterocycles. The van der Waals surface area contributed by atoms with Gasteiger partial charge in [-0.25, -0.2) is 0 Å². The molecule has 5 saturated carbocycles. The van der Waals surface area contributed by atoms with Gasteiger partial charge in [0, 0.05) is 5.41 Å². The van der Waals surface area contributed by atoms with Gasteiger partial charge in [-0.1, -0.05) is 29.8 Å². The van der Waals surface area contributed by atoms with Gasteiger partial charge in [0.05, 0.1) is 17.9 Å². The maximum atomic E-state index is 9.34. The van der Waals surface area contributed by atoms with E-state index < -0.39 is 0 Å². The Morgan fingerprint density at radius 2 is 2.04 bits per heavy atom. The van der Waals surface area contributed by atoms with Gasteiger partial charge in [0.15, 0.2) is 0 Å². The summed E-state index contributed by atoms with van der Waals surface area (Å²) in [5.74, 6) is 6.96. The van der Waals surface area contributed by atoms with Crippen molar-refractivity contribution in [2.75, 3.05) is 6.61 Å². The van der Waals surface area contributed by atoms with Crippen LogP contribution in [0.15, 0.2) is 29.0 Å². The molecular formula is C25H33NO2. The molecule has 0 aromatic heterocycles. The van der Waals surface area contributed by atoms with Crippen molar-refractivity contribution in [3.05, 3.63) is 23.8 Å². The second-order valence-electron chi connectivity index (χ2n) is 11.4. The monoisotopic (exact) mass is 379 g/mol. The van der Waals surface area contributed by atoms with Gasteiger partial charge >= 0.3 is 0 Å². The number of hydrogen-bond donors (Lipinski definition) is 1. The first kappa shape index (κ1) is 16.7. The molecule has 9 atom stereocenters. The van der Waals surface area contributed by atoms with E-state index in [2.05, 4.69) is 30.3 Å². The molecule has 7 aliphatic rings. The van der Waals surface area contributed by atoms with Crippen LogP contribution in [0.25, 0.3) is 0 Å². The summed E-state index contributed by atoms with van der Waals surface area (Å²) in [4.78, 5) is 0. The second kappa shape index (κ2) is 5.33. The van der Waals surface area contributed by atoms with Crippen LogP contribution in [0.5, 0.6) is 0 Å². The Morgan fingerprint density at radius 1 is 1.14 bits per heavy atom. The maximum Gasteiger partial charge on any atom is 0.0954 e. The van der Waals surface area contributed by atoms with Crippen molar-refractivity contribution in [1.29, 1.82) is 0 Å². The van der Waals surface area contributed by atoms with Crippen molar-refractivity contribution in [2.45, 2.75) is 63.9 Å². The van der Waals surface area contributed by atoms with Crippen molar-refractivity contribution < 1.29 is 9.94 Å². The van der Waals surface area contributed by atoms with Gasteiger partial charge in [-0.2, -0.15) is 0 Å². The third kappa shape index (κ3) is 1.89. The molecule has 7 rings (SSSR count). The van der Waals surface area contributed by atoms with Crippen LogP contribution >= 0.6 is 0 Å². The quantitative estimate of drug-likeness (QED) is 0.386.